The van der Waals surface area contributed by atoms with Crippen LogP contribution in [-0.2, 0) is 0 Å². The number of phenols is 1. The molecule has 0 amide bonds. The number of phenolic OH excluding ortho intramolecular Hbond substituents is 1. The van der Waals surface area contributed by atoms with Gasteiger partial charge in [-0.1, -0.05) is 6.07 Å². The van der Waals surface area contributed by atoms with Crippen molar-refractivity contribution in [1.82, 2.24) is 0 Å². The van der Waals surface area contributed by atoms with Gasteiger partial charge in [0, 0.05) is 12.5 Å². The summed E-state index contributed by atoms with van der Waals surface area (Å²) in [6.07, 6.45) is -2.85. The van der Waals surface area contributed by atoms with Crippen molar-refractivity contribution in [2.45, 2.75) is 18.9 Å². The van der Waals surface area contributed by atoms with Gasteiger partial charge >= 0.3 is 0 Å². The maximum atomic E-state index is 12.1. The van der Waals surface area contributed by atoms with Crippen LogP contribution >= 0.6 is 12.4 Å². The van der Waals surface area contributed by atoms with Crippen LogP contribution in [0.5, 0.6) is 11.5 Å². The van der Waals surface area contributed by atoms with Gasteiger partial charge in [0.05, 0.1) is 7.11 Å². The SMILES string of the molecule is COc1cc([C@H](N)CC(F)F)ccc1O.Cl. The van der Waals surface area contributed by atoms with Gasteiger partial charge in [0.25, 0.3) is 0 Å². The van der Waals surface area contributed by atoms with Crippen LogP contribution in [-0.4, -0.2) is 18.6 Å². The summed E-state index contributed by atoms with van der Waals surface area (Å²) < 4.78 is 29.0. The van der Waals surface area contributed by atoms with E-state index in [-0.39, 0.29) is 23.9 Å². The topological polar surface area (TPSA) is 55.5 Å². The first-order chi connectivity index (χ1) is 7.04. The van der Waals surface area contributed by atoms with Crippen molar-refractivity contribution in [3.8, 4) is 11.5 Å². The number of methoxy groups -OCH3 is 1. The van der Waals surface area contributed by atoms with Gasteiger partial charge in [-0.3, -0.25) is 0 Å². The molecule has 0 unspecified atom stereocenters. The molecule has 0 aromatic heterocycles. The first kappa shape index (κ1) is 14.9. The van der Waals surface area contributed by atoms with Crippen molar-refractivity contribution in [2.75, 3.05) is 7.11 Å². The van der Waals surface area contributed by atoms with Gasteiger partial charge in [0.1, 0.15) is 0 Å². The molecule has 0 aliphatic rings. The van der Waals surface area contributed by atoms with Gasteiger partial charge in [-0.25, -0.2) is 8.78 Å². The Morgan fingerprint density at radius 2 is 2.06 bits per heavy atom. The molecule has 1 aromatic rings. The zero-order valence-corrected chi connectivity index (χ0v) is 9.51. The molecule has 6 heteroatoms. The summed E-state index contributed by atoms with van der Waals surface area (Å²) in [5.41, 5.74) is 6.07. The minimum absolute atomic E-state index is 0. The summed E-state index contributed by atoms with van der Waals surface area (Å²) >= 11 is 0. The monoisotopic (exact) mass is 253 g/mol. The van der Waals surface area contributed by atoms with Gasteiger partial charge in [0.2, 0.25) is 6.43 Å². The van der Waals surface area contributed by atoms with Crippen LogP contribution in [0.2, 0.25) is 0 Å². The second-order valence-corrected chi connectivity index (χ2v) is 3.16. The largest absolute Gasteiger partial charge is 0.504 e. The Kier molecular flexibility index (Phi) is 6.06. The number of halogens is 3. The second-order valence-electron chi connectivity index (χ2n) is 3.16. The zero-order valence-electron chi connectivity index (χ0n) is 8.69. The highest BCUT2D eigenvalue weighted by Gasteiger charge is 2.14. The van der Waals surface area contributed by atoms with Crippen molar-refractivity contribution in [3.05, 3.63) is 23.8 Å². The number of aromatic hydroxyl groups is 1. The fraction of sp³-hybridized carbons (Fsp3) is 0.400. The summed E-state index contributed by atoms with van der Waals surface area (Å²) in [7, 11) is 1.39. The van der Waals surface area contributed by atoms with E-state index in [1.807, 2.05) is 0 Å². The Bertz CT molecular complexity index is 337. The number of benzene rings is 1. The summed E-state index contributed by atoms with van der Waals surface area (Å²) in [6.45, 7) is 0. The minimum atomic E-state index is -2.44. The third-order valence-electron chi connectivity index (χ3n) is 2.06. The molecule has 0 aliphatic heterocycles. The molecule has 0 saturated carbocycles. The van der Waals surface area contributed by atoms with Crippen molar-refractivity contribution in [3.63, 3.8) is 0 Å². The Hall–Kier alpha value is -1.07. The van der Waals surface area contributed by atoms with E-state index in [0.717, 1.165) is 0 Å². The average Bonchev–Trinajstić information content (AvgIpc) is 2.17. The van der Waals surface area contributed by atoms with Gasteiger partial charge in [-0.15, -0.1) is 12.4 Å². The molecule has 0 spiro atoms. The molecule has 0 bridgehead atoms. The van der Waals surface area contributed by atoms with Crippen LogP contribution in [0.1, 0.15) is 18.0 Å². The normalized spacial score (nSPS) is 12.1. The molecule has 1 rings (SSSR count). The third kappa shape index (κ3) is 3.83. The summed E-state index contributed by atoms with van der Waals surface area (Å²) in [4.78, 5) is 0. The molecule has 3 nitrogen and oxygen atoms in total. The molecule has 0 saturated heterocycles. The number of rotatable bonds is 4. The van der Waals surface area contributed by atoms with E-state index in [9.17, 15) is 13.9 Å². The molecular formula is C10H14ClF2NO2. The lowest BCUT2D eigenvalue weighted by Crippen LogP contribution is -2.13. The average molecular weight is 254 g/mol. The lowest BCUT2D eigenvalue weighted by molar-refractivity contribution is 0.128. The lowest BCUT2D eigenvalue weighted by atomic mass is 10.0. The van der Waals surface area contributed by atoms with Crippen LogP contribution in [0.15, 0.2) is 18.2 Å². The van der Waals surface area contributed by atoms with E-state index in [0.29, 0.717) is 5.56 Å². The molecule has 0 fully saturated rings. The van der Waals surface area contributed by atoms with Crippen LogP contribution < -0.4 is 10.5 Å². The highest BCUT2D eigenvalue weighted by molar-refractivity contribution is 5.85. The van der Waals surface area contributed by atoms with Gasteiger partial charge in [0.15, 0.2) is 11.5 Å². The fourth-order valence-corrected chi connectivity index (χ4v) is 1.25. The Labute approximate surface area is 98.6 Å². The number of hydrogen-bond donors (Lipinski definition) is 2. The summed E-state index contributed by atoms with van der Waals surface area (Å²) in [6, 6.07) is 3.59. The van der Waals surface area contributed by atoms with E-state index >= 15 is 0 Å². The van der Waals surface area contributed by atoms with Crippen molar-refractivity contribution < 1.29 is 18.6 Å². The van der Waals surface area contributed by atoms with E-state index in [1.165, 1.54) is 25.3 Å². The fourth-order valence-electron chi connectivity index (χ4n) is 1.25. The van der Waals surface area contributed by atoms with Crippen LogP contribution in [0.3, 0.4) is 0 Å². The highest BCUT2D eigenvalue weighted by atomic mass is 35.5. The molecule has 0 radical (unpaired) electrons. The molecule has 16 heavy (non-hydrogen) atoms. The quantitative estimate of drug-likeness (QED) is 0.867. The lowest BCUT2D eigenvalue weighted by Gasteiger charge is -2.13. The molecule has 0 aliphatic carbocycles. The minimum Gasteiger partial charge on any atom is -0.504 e. The Morgan fingerprint density at radius 1 is 1.44 bits per heavy atom. The predicted molar refractivity (Wildman–Crippen MR) is 59.5 cm³/mol. The second kappa shape index (κ2) is 6.50. The third-order valence-corrected chi connectivity index (χ3v) is 2.06. The highest BCUT2D eigenvalue weighted by Crippen LogP contribution is 2.29. The van der Waals surface area contributed by atoms with Crippen molar-refractivity contribution in [2.24, 2.45) is 5.73 Å². The predicted octanol–water partition coefficient (Wildman–Crippen LogP) is 2.48. The maximum absolute atomic E-state index is 12.1. The number of nitrogens with two attached hydrogens (primary N) is 1. The van der Waals surface area contributed by atoms with E-state index < -0.39 is 18.9 Å². The van der Waals surface area contributed by atoms with Crippen LogP contribution in [0.25, 0.3) is 0 Å². The molecule has 0 heterocycles. The molecule has 1 atom stereocenters. The first-order valence-electron chi connectivity index (χ1n) is 4.45. The molecule has 1 aromatic carbocycles. The smallest absolute Gasteiger partial charge is 0.240 e. The van der Waals surface area contributed by atoms with Gasteiger partial charge < -0.3 is 15.6 Å². The number of hydrogen-bond acceptors (Lipinski definition) is 3. The number of alkyl halides is 2. The number of ether oxygens (including phenoxy) is 1. The van der Waals surface area contributed by atoms with E-state index in [4.69, 9.17) is 10.5 Å². The molecule has 3 N–H and O–H groups in total. The first-order valence-corrected chi connectivity index (χ1v) is 4.45. The molecular weight excluding hydrogens is 240 g/mol. The summed E-state index contributed by atoms with van der Waals surface area (Å²) in [5.74, 6) is 0.197. The van der Waals surface area contributed by atoms with E-state index in [1.54, 1.807) is 0 Å². The van der Waals surface area contributed by atoms with Crippen molar-refractivity contribution in [1.29, 1.82) is 0 Å². The van der Waals surface area contributed by atoms with E-state index in [2.05, 4.69) is 0 Å². The Balaban J connectivity index is 0.00000225. The van der Waals surface area contributed by atoms with Gasteiger partial charge in [-0.05, 0) is 17.7 Å². The van der Waals surface area contributed by atoms with Crippen LogP contribution in [0.4, 0.5) is 8.78 Å². The molecule has 92 valence electrons. The maximum Gasteiger partial charge on any atom is 0.240 e. The van der Waals surface area contributed by atoms with Gasteiger partial charge in [-0.2, -0.15) is 0 Å². The summed E-state index contributed by atoms with van der Waals surface area (Å²) in [5, 5.41) is 9.28. The zero-order chi connectivity index (χ0) is 11.4. The standard InChI is InChI=1S/C10H13F2NO2.ClH/c1-15-9-4-6(2-3-8(9)14)7(13)5-10(11)12;/h2-4,7,10,14H,5,13H2,1H3;1H/t7-;/m1./s1. The van der Waals surface area contributed by atoms with Crippen LogP contribution in [0, 0.1) is 0 Å². The van der Waals surface area contributed by atoms with Crippen molar-refractivity contribution >= 4 is 12.4 Å². The Morgan fingerprint density at radius 3 is 2.56 bits per heavy atom.